The van der Waals surface area contributed by atoms with Gasteiger partial charge in [0, 0.05) is 13.2 Å². The van der Waals surface area contributed by atoms with E-state index in [9.17, 15) is 0 Å². The summed E-state index contributed by atoms with van der Waals surface area (Å²) in [5, 5.41) is 2.69. The normalized spacial score (nSPS) is 17.8. The predicted molar refractivity (Wildman–Crippen MR) is 66.7 cm³/mol. The Hall–Kier alpha value is -1.34. The molecular weight excluding hydrogens is 196 g/mol. The van der Waals surface area contributed by atoms with Crippen LogP contribution >= 0.6 is 0 Å². The summed E-state index contributed by atoms with van der Waals surface area (Å²) in [5.74, 6) is 0.693. The molecule has 0 aliphatic carbocycles. The van der Waals surface area contributed by atoms with Crippen molar-refractivity contribution in [3.63, 3.8) is 0 Å². The van der Waals surface area contributed by atoms with E-state index in [1.165, 1.54) is 29.2 Å². The first-order chi connectivity index (χ1) is 7.93. The maximum Gasteiger partial charge on any atom is 0.0471 e. The molecule has 0 spiro atoms. The van der Waals surface area contributed by atoms with Crippen LogP contribution in [-0.2, 0) is 4.74 Å². The van der Waals surface area contributed by atoms with Crippen molar-refractivity contribution in [1.29, 1.82) is 0 Å². The number of benzene rings is 2. The van der Waals surface area contributed by atoms with Crippen molar-refractivity contribution in [3.8, 4) is 0 Å². The van der Waals surface area contributed by atoms with Crippen molar-refractivity contribution < 1.29 is 4.74 Å². The summed E-state index contributed by atoms with van der Waals surface area (Å²) < 4.78 is 5.41. The van der Waals surface area contributed by atoms with Crippen molar-refractivity contribution in [2.45, 2.75) is 18.8 Å². The van der Waals surface area contributed by atoms with Crippen LogP contribution in [-0.4, -0.2) is 13.2 Å². The maximum atomic E-state index is 5.41. The fraction of sp³-hybridized carbons (Fsp3) is 0.333. The minimum absolute atomic E-state index is 0.693. The van der Waals surface area contributed by atoms with Crippen molar-refractivity contribution in [1.82, 2.24) is 0 Å². The summed E-state index contributed by atoms with van der Waals surface area (Å²) in [6.45, 7) is 1.83. The molecule has 1 saturated heterocycles. The average Bonchev–Trinajstić information content (AvgIpc) is 2.39. The summed E-state index contributed by atoms with van der Waals surface area (Å²) in [5.41, 5.74) is 1.47. The van der Waals surface area contributed by atoms with Gasteiger partial charge in [-0.25, -0.2) is 0 Å². The van der Waals surface area contributed by atoms with Crippen LogP contribution in [0.15, 0.2) is 42.5 Å². The topological polar surface area (TPSA) is 9.23 Å². The van der Waals surface area contributed by atoms with E-state index in [-0.39, 0.29) is 0 Å². The molecule has 0 amide bonds. The second kappa shape index (κ2) is 4.26. The molecule has 0 radical (unpaired) electrons. The minimum atomic E-state index is 0.693. The molecule has 82 valence electrons. The molecule has 1 heteroatoms. The van der Waals surface area contributed by atoms with E-state index in [4.69, 9.17) is 4.74 Å². The lowest BCUT2D eigenvalue weighted by molar-refractivity contribution is 0.0853. The number of rotatable bonds is 1. The first-order valence-electron chi connectivity index (χ1n) is 6.00. The summed E-state index contributed by atoms with van der Waals surface area (Å²) >= 11 is 0. The Morgan fingerprint density at radius 1 is 0.875 bits per heavy atom. The first-order valence-corrected chi connectivity index (χ1v) is 6.00. The third kappa shape index (κ3) is 1.83. The standard InChI is InChI=1S/C15H16O/c1-2-4-14-11-15(6-5-12(14)3-1)13-7-9-16-10-8-13/h1-6,11,13H,7-10H2. The van der Waals surface area contributed by atoms with Crippen LogP contribution in [0.5, 0.6) is 0 Å². The van der Waals surface area contributed by atoms with Crippen LogP contribution in [0.3, 0.4) is 0 Å². The number of fused-ring (bicyclic) bond motifs is 1. The van der Waals surface area contributed by atoms with Gasteiger partial charge < -0.3 is 4.74 Å². The molecule has 2 aromatic rings. The molecule has 0 bridgehead atoms. The van der Waals surface area contributed by atoms with Crippen LogP contribution in [0.4, 0.5) is 0 Å². The monoisotopic (exact) mass is 212 g/mol. The molecule has 1 aliphatic heterocycles. The average molecular weight is 212 g/mol. The van der Waals surface area contributed by atoms with Crippen molar-refractivity contribution in [2.24, 2.45) is 0 Å². The van der Waals surface area contributed by atoms with Crippen LogP contribution in [0, 0.1) is 0 Å². The quantitative estimate of drug-likeness (QED) is 0.699. The molecule has 1 fully saturated rings. The van der Waals surface area contributed by atoms with Crippen LogP contribution < -0.4 is 0 Å². The highest BCUT2D eigenvalue weighted by Gasteiger charge is 2.15. The lowest BCUT2D eigenvalue weighted by atomic mass is 9.90. The smallest absolute Gasteiger partial charge is 0.0471 e. The largest absolute Gasteiger partial charge is 0.381 e. The van der Waals surface area contributed by atoms with Gasteiger partial charge in [-0.05, 0) is 35.1 Å². The molecule has 0 aromatic heterocycles. The molecule has 2 aromatic carbocycles. The maximum absolute atomic E-state index is 5.41. The molecular formula is C15H16O. The van der Waals surface area contributed by atoms with Gasteiger partial charge in [0.25, 0.3) is 0 Å². The molecule has 0 N–H and O–H groups in total. The second-order valence-corrected chi connectivity index (χ2v) is 4.49. The van der Waals surface area contributed by atoms with E-state index in [1.807, 2.05) is 0 Å². The van der Waals surface area contributed by atoms with E-state index >= 15 is 0 Å². The predicted octanol–water partition coefficient (Wildman–Crippen LogP) is 3.73. The SMILES string of the molecule is c1ccc2cc(C3CCOCC3)ccc2c1. The molecule has 3 rings (SSSR count). The molecule has 0 atom stereocenters. The van der Waals surface area contributed by atoms with Gasteiger partial charge in [0.05, 0.1) is 0 Å². The van der Waals surface area contributed by atoms with Gasteiger partial charge in [-0.2, -0.15) is 0 Å². The number of hydrogen-bond donors (Lipinski definition) is 0. The zero-order valence-electron chi connectivity index (χ0n) is 9.36. The van der Waals surface area contributed by atoms with E-state index in [1.54, 1.807) is 0 Å². The highest BCUT2D eigenvalue weighted by Crippen LogP contribution is 2.29. The van der Waals surface area contributed by atoms with Crippen molar-refractivity contribution >= 4 is 10.8 Å². The Morgan fingerprint density at radius 3 is 2.44 bits per heavy atom. The van der Waals surface area contributed by atoms with Gasteiger partial charge in [0.2, 0.25) is 0 Å². The highest BCUT2D eigenvalue weighted by molar-refractivity contribution is 5.83. The van der Waals surface area contributed by atoms with Gasteiger partial charge >= 0.3 is 0 Å². The zero-order valence-corrected chi connectivity index (χ0v) is 9.36. The van der Waals surface area contributed by atoms with Crippen LogP contribution in [0.2, 0.25) is 0 Å². The fourth-order valence-electron chi connectivity index (χ4n) is 2.49. The molecule has 0 saturated carbocycles. The van der Waals surface area contributed by atoms with Gasteiger partial charge in [-0.15, -0.1) is 0 Å². The lowest BCUT2D eigenvalue weighted by Gasteiger charge is -2.22. The van der Waals surface area contributed by atoms with Crippen LogP contribution in [0.25, 0.3) is 10.8 Å². The van der Waals surface area contributed by atoms with Crippen molar-refractivity contribution in [3.05, 3.63) is 48.0 Å². The summed E-state index contributed by atoms with van der Waals surface area (Å²) in [4.78, 5) is 0. The number of hydrogen-bond acceptors (Lipinski definition) is 1. The summed E-state index contributed by atoms with van der Waals surface area (Å²) in [6, 6.07) is 15.4. The second-order valence-electron chi connectivity index (χ2n) is 4.49. The van der Waals surface area contributed by atoms with Crippen LogP contribution in [0.1, 0.15) is 24.3 Å². The van der Waals surface area contributed by atoms with Gasteiger partial charge in [0.15, 0.2) is 0 Å². The Balaban J connectivity index is 1.97. The third-order valence-corrected chi connectivity index (χ3v) is 3.47. The van der Waals surface area contributed by atoms with E-state index in [0.717, 1.165) is 13.2 Å². The number of ether oxygens (including phenoxy) is 1. The molecule has 1 heterocycles. The molecule has 1 aliphatic rings. The Morgan fingerprint density at radius 2 is 1.62 bits per heavy atom. The summed E-state index contributed by atoms with van der Waals surface area (Å²) in [7, 11) is 0. The highest BCUT2D eigenvalue weighted by atomic mass is 16.5. The Kier molecular flexibility index (Phi) is 2.63. The van der Waals surface area contributed by atoms with Gasteiger partial charge in [-0.1, -0.05) is 42.5 Å². The van der Waals surface area contributed by atoms with Gasteiger partial charge in [0.1, 0.15) is 0 Å². The van der Waals surface area contributed by atoms with Crippen molar-refractivity contribution in [2.75, 3.05) is 13.2 Å². The van der Waals surface area contributed by atoms with Gasteiger partial charge in [-0.3, -0.25) is 0 Å². The first kappa shape index (κ1) is 9.86. The molecule has 0 unspecified atom stereocenters. The van der Waals surface area contributed by atoms with E-state index in [2.05, 4.69) is 42.5 Å². The molecule has 1 nitrogen and oxygen atoms in total. The Bertz CT molecular complexity index is 484. The minimum Gasteiger partial charge on any atom is -0.381 e. The van der Waals surface area contributed by atoms with E-state index < -0.39 is 0 Å². The lowest BCUT2D eigenvalue weighted by Crippen LogP contribution is -2.13. The summed E-state index contributed by atoms with van der Waals surface area (Å²) in [6.07, 6.45) is 2.33. The molecule has 16 heavy (non-hydrogen) atoms. The Labute approximate surface area is 96.0 Å². The zero-order chi connectivity index (χ0) is 10.8. The van der Waals surface area contributed by atoms with E-state index in [0.29, 0.717) is 5.92 Å². The third-order valence-electron chi connectivity index (χ3n) is 3.47. The fourth-order valence-corrected chi connectivity index (χ4v) is 2.49.